The number of benzene rings is 1. The van der Waals surface area contributed by atoms with Crippen molar-refractivity contribution in [1.29, 1.82) is 0 Å². The van der Waals surface area contributed by atoms with Crippen LogP contribution in [0.15, 0.2) is 24.3 Å². The van der Waals surface area contributed by atoms with E-state index in [0.717, 1.165) is 0 Å². The van der Waals surface area contributed by atoms with Gasteiger partial charge in [0.2, 0.25) is 0 Å². The lowest BCUT2D eigenvalue weighted by molar-refractivity contribution is -0.125. The predicted octanol–water partition coefficient (Wildman–Crippen LogP) is 3.09. The van der Waals surface area contributed by atoms with Crippen molar-refractivity contribution in [3.05, 3.63) is 29.3 Å². The summed E-state index contributed by atoms with van der Waals surface area (Å²) in [5.74, 6) is 3.02. The maximum Gasteiger partial charge on any atom is 0.173 e. The molecule has 0 bridgehead atoms. The van der Waals surface area contributed by atoms with Crippen LogP contribution in [-0.2, 0) is 4.79 Å². The van der Waals surface area contributed by atoms with Crippen molar-refractivity contribution >= 4 is 17.4 Å². The lowest BCUT2D eigenvalue weighted by atomic mass is 10.1. The summed E-state index contributed by atoms with van der Waals surface area (Å²) < 4.78 is 5.45. The van der Waals surface area contributed by atoms with Gasteiger partial charge in [0, 0.05) is 17.9 Å². The van der Waals surface area contributed by atoms with E-state index < -0.39 is 6.10 Å². The number of Topliss-reactive ketones (excluding diaryl/α,β-unsaturated/α-hetero) is 1. The fourth-order valence-corrected chi connectivity index (χ4v) is 1.39. The van der Waals surface area contributed by atoms with Crippen LogP contribution >= 0.6 is 11.6 Å². The van der Waals surface area contributed by atoms with E-state index >= 15 is 0 Å². The summed E-state index contributed by atoms with van der Waals surface area (Å²) >= 11 is 5.80. The molecule has 0 heterocycles. The molecule has 1 aromatic carbocycles. The molecule has 0 aliphatic rings. The number of hydrogen-bond acceptors (Lipinski definition) is 2. The summed E-state index contributed by atoms with van der Waals surface area (Å²) in [4.78, 5) is 11.5. The number of carbonyl (C=O) groups excluding carboxylic acids is 1. The van der Waals surface area contributed by atoms with Gasteiger partial charge in [-0.15, -0.1) is 12.3 Å². The smallest absolute Gasteiger partial charge is 0.173 e. The van der Waals surface area contributed by atoms with Gasteiger partial charge in [0.25, 0.3) is 0 Å². The Bertz CT molecular complexity index is 407. The summed E-state index contributed by atoms with van der Waals surface area (Å²) in [5, 5.41) is 0.584. The summed E-state index contributed by atoms with van der Waals surface area (Å²) in [7, 11) is 0. The van der Waals surface area contributed by atoms with Crippen molar-refractivity contribution in [2.75, 3.05) is 0 Å². The molecular formula is C13H13ClO2. The number of halogens is 1. The Morgan fingerprint density at radius 1 is 1.62 bits per heavy atom. The first-order chi connectivity index (χ1) is 7.63. The van der Waals surface area contributed by atoms with Crippen LogP contribution in [0.25, 0.3) is 0 Å². The Balaban J connectivity index is 2.54. The molecule has 3 heteroatoms. The van der Waals surface area contributed by atoms with Gasteiger partial charge in [-0.25, -0.2) is 0 Å². The van der Waals surface area contributed by atoms with Crippen molar-refractivity contribution in [3.8, 4) is 18.1 Å². The Morgan fingerprint density at radius 2 is 2.38 bits per heavy atom. The molecule has 0 amide bonds. The molecule has 0 spiro atoms. The van der Waals surface area contributed by atoms with Gasteiger partial charge >= 0.3 is 0 Å². The fourth-order valence-electron chi connectivity index (χ4n) is 1.21. The molecular weight excluding hydrogens is 224 g/mol. The average Bonchev–Trinajstić information content (AvgIpc) is 2.25. The van der Waals surface area contributed by atoms with E-state index in [4.69, 9.17) is 22.8 Å². The van der Waals surface area contributed by atoms with Gasteiger partial charge < -0.3 is 4.74 Å². The van der Waals surface area contributed by atoms with Gasteiger partial charge in [0.05, 0.1) is 0 Å². The maximum absolute atomic E-state index is 11.5. The van der Waals surface area contributed by atoms with E-state index in [2.05, 4.69) is 5.92 Å². The monoisotopic (exact) mass is 236 g/mol. The first kappa shape index (κ1) is 12.6. The van der Waals surface area contributed by atoms with Gasteiger partial charge in [-0.2, -0.15) is 0 Å². The third-order valence-corrected chi connectivity index (χ3v) is 2.31. The number of carbonyl (C=O) groups is 1. The quantitative estimate of drug-likeness (QED) is 0.735. The molecule has 0 fully saturated rings. The summed E-state index contributed by atoms with van der Waals surface area (Å²) in [6.45, 7) is 1.71. The van der Waals surface area contributed by atoms with Gasteiger partial charge in [0.1, 0.15) is 5.75 Å². The molecule has 0 saturated carbocycles. The summed E-state index contributed by atoms with van der Waals surface area (Å²) in [6, 6.07) is 6.96. The van der Waals surface area contributed by atoms with Crippen LogP contribution in [0.1, 0.15) is 19.8 Å². The minimum Gasteiger partial charge on any atom is -0.483 e. The van der Waals surface area contributed by atoms with Gasteiger partial charge in [0.15, 0.2) is 11.9 Å². The van der Waals surface area contributed by atoms with Gasteiger partial charge in [-0.05, 0) is 25.1 Å². The Morgan fingerprint density at radius 3 is 3.00 bits per heavy atom. The molecule has 0 radical (unpaired) electrons. The zero-order valence-electron chi connectivity index (χ0n) is 9.07. The molecule has 0 aliphatic carbocycles. The molecule has 0 aliphatic heterocycles. The molecule has 84 valence electrons. The van der Waals surface area contributed by atoms with Crippen molar-refractivity contribution < 1.29 is 9.53 Å². The van der Waals surface area contributed by atoms with Crippen LogP contribution in [0.2, 0.25) is 5.02 Å². The topological polar surface area (TPSA) is 26.3 Å². The van der Waals surface area contributed by atoms with E-state index in [0.29, 0.717) is 23.6 Å². The van der Waals surface area contributed by atoms with E-state index in [1.54, 1.807) is 31.2 Å². The minimum atomic E-state index is -0.494. The van der Waals surface area contributed by atoms with E-state index in [1.807, 2.05) is 0 Å². The fraction of sp³-hybridized carbons (Fsp3) is 0.308. The van der Waals surface area contributed by atoms with Crippen LogP contribution in [-0.4, -0.2) is 11.9 Å². The number of hydrogen-bond donors (Lipinski definition) is 0. The zero-order chi connectivity index (χ0) is 12.0. The summed E-state index contributed by atoms with van der Waals surface area (Å²) in [6.07, 6.45) is 5.39. The lowest BCUT2D eigenvalue weighted by Gasteiger charge is -2.13. The van der Waals surface area contributed by atoms with Gasteiger partial charge in [-0.3, -0.25) is 4.79 Å². The number of terminal acetylenes is 1. The first-order valence-electron chi connectivity index (χ1n) is 5.02. The normalized spacial score (nSPS) is 11.6. The van der Waals surface area contributed by atoms with Crippen molar-refractivity contribution in [2.24, 2.45) is 0 Å². The van der Waals surface area contributed by atoms with Crippen molar-refractivity contribution in [2.45, 2.75) is 25.9 Å². The molecule has 0 N–H and O–H groups in total. The molecule has 0 saturated heterocycles. The van der Waals surface area contributed by atoms with Crippen LogP contribution in [0.3, 0.4) is 0 Å². The third kappa shape index (κ3) is 3.96. The highest BCUT2D eigenvalue weighted by molar-refractivity contribution is 6.30. The molecule has 1 aromatic rings. The highest BCUT2D eigenvalue weighted by atomic mass is 35.5. The van der Waals surface area contributed by atoms with Crippen LogP contribution < -0.4 is 4.74 Å². The standard InChI is InChI=1S/C13H13ClO2/c1-3-4-8-13(15)10(2)16-12-7-5-6-11(14)9-12/h1,5-7,9-10H,4,8H2,2H3. The highest BCUT2D eigenvalue weighted by Crippen LogP contribution is 2.18. The third-order valence-electron chi connectivity index (χ3n) is 2.08. The Labute approximate surface area is 101 Å². The SMILES string of the molecule is C#CCCC(=O)C(C)Oc1cccc(Cl)c1. The summed E-state index contributed by atoms with van der Waals surface area (Å²) in [5.41, 5.74) is 0. The second kappa shape index (κ2) is 6.19. The van der Waals surface area contributed by atoms with E-state index in [9.17, 15) is 4.79 Å². The highest BCUT2D eigenvalue weighted by Gasteiger charge is 2.13. The minimum absolute atomic E-state index is 0.00192. The van der Waals surface area contributed by atoms with Crippen molar-refractivity contribution in [1.82, 2.24) is 0 Å². The van der Waals surface area contributed by atoms with Crippen LogP contribution in [0, 0.1) is 12.3 Å². The molecule has 1 atom stereocenters. The maximum atomic E-state index is 11.5. The Kier molecular flexibility index (Phi) is 4.88. The Hall–Kier alpha value is -1.46. The molecule has 1 rings (SSSR count). The predicted molar refractivity (Wildman–Crippen MR) is 64.6 cm³/mol. The zero-order valence-corrected chi connectivity index (χ0v) is 9.83. The molecule has 1 unspecified atom stereocenters. The average molecular weight is 237 g/mol. The largest absolute Gasteiger partial charge is 0.483 e. The lowest BCUT2D eigenvalue weighted by Crippen LogP contribution is -2.23. The second-order valence-corrected chi connectivity index (χ2v) is 3.82. The number of ketones is 1. The first-order valence-corrected chi connectivity index (χ1v) is 5.39. The number of ether oxygens (including phenoxy) is 1. The number of rotatable bonds is 5. The van der Waals surface area contributed by atoms with Crippen LogP contribution in [0.5, 0.6) is 5.75 Å². The van der Waals surface area contributed by atoms with Gasteiger partial charge in [-0.1, -0.05) is 17.7 Å². The van der Waals surface area contributed by atoms with E-state index in [1.165, 1.54) is 0 Å². The second-order valence-electron chi connectivity index (χ2n) is 3.39. The van der Waals surface area contributed by atoms with E-state index in [-0.39, 0.29) is 5.78 Å². The molecule has 2 nitrogen and oxygen atoms in total. The van der Waals surface area contributed by atoms with Crippen LogP contribution in [0.4, 0.5) is 0 Å². The molecule has 0 aromatic heterocycles. The molecule has 16 heavy (non-hydrogen) atoms. The van der Waals surface area contributed by atoms with Crippen molar-refractivity contribution in [3.63, 3.8) is 0 Å².